The van der Waals surface area contributed by atoms with Crippen molar-refractivity contribution in [3.8, 4) is 22.5 Å². The lowest BCUT2D eigenvalue weighted by Crippen LogP contribution is -1.98. The molecule has 0 aliphatic carbocycles. The molecule has 4 nitrogen and oxygen atoms in total. The summed E-state index contributed by atoms with van der Waals surface area (Å²) in [4.78, 5) is 4.59. The Kier molecular flexibility index (Phi) is 3.00. The summed E-state index contributed by atoms with van der Waals surface area (Å²) in [6, 6.07) is 9.75. The summed E-state index contributed by atoms with van der Waals surface area (Å²) in [5, 5.41) is 7.90. The molecule has 2 aromatic heterocycles. The van der Waals surface area contributed by atoms with Gasteiger partial charge in [-0.15, -0.1) is 0 Å². The van der Waals surface area contributed by atoms with E-state index in [1.165, 1.54) is 18.2 Å². The molecule has 1 aliphatic rings. The fraction of sp³-hybridized carbons (Fsp3) is 0.158. The molecular weight excluding hydrogens is 322 g/mol. The van der Waals surface area contributed by atoms with E-state index in [4.69, 9.17) is 0 Å². The lowest BCUT2D eigenvalue weighted by atomic mass is 10.0. The third kappa shape index (κ3) is 2.10. The molecule has 25 heavy (non-hydrogen) atoms. The van der Waals surface area contributed by atoms with Gasteiger partial charge >= 0.3 is 0 Å². The van der Waals surface area contributed by atoms with Crippen LogP contribution in [0.15, 0.2) is 42.6 Å². The van der Waals surface area contributed by atoms with E-state index in [2.05, 4.69) is 19.7 Å². The van der Waals surface area contributed by atoms with Crippen LogP contribution in [0, 0.1) is 11.6 Å². The highest BCUT2D eigenvalue weighted by Gasteiger charge is 2.26. The minimum absolute atomic E-state index is 0.0632. The summed E-state index contributed by atoms with van der Waals surface area (Å²) in [5.41, 5.74) is 2.87. The number of fused-ring (bicyclic) bond motifs is 2. The predicted octanol–water partition coefficient (Wildman–Crippen LogP) is 4.32. The van der Waals surface area contributed by atoms with Crippen molar-refractivity contribution in [3.63, 3.8) is 0 Å². The van der Waals surface area contributed by atoms with Crippen LogP contribution in [0.5, 0.6) is 0 Å². The average Bonchev–Trinajstić information content (AvgIpc) is 3.29. The van der Waals surface area contributed by atoms with Crippen LogP contribution in [-0.2, 0) is 13.0 Å². The minimum atomic E-state index is -0.595. The molecule has 1 aliphatic heterocycles. The van der Waals surface area contributed by atoms with E-state index in [0.29, 0.717) is 5.69 Å². The van der Waals surface area contributed by atoms with Crippen molar-refractivity contribution in [1.29, 1.82) is 0 Å². The number of benzene rings is 2. The topological polar surface area (TPSA) is 46.5 Å². The first-order valence-corrected chi connectivity index (χ1v) is 8.19. The van der Waals surface area contributed by atoms with E-state index >= 15 is 0 Å². The van der Waals surface area contributed by atoms with Crippen molar-refractivity contribution in [2.75, 3.05) is 0 Å². The SMILES string of the molecule is Fc1cccc(F)c1-c1nc2n(c1-c1ccc3[nH]ncc3c1)CCC2. The van der Waals surface area contributed by atoms with E-state index in [9.17, 15) is 8.78 Å². The van der Waals surface area contributed by atoms with Crippen molar-refractivity contribution >= 4 is 10.9 Å². The number of aromatic nitrogens is 4. The Morgan fingerprint density at radius 2 is 1.92 bits per heavy atom. The van der Waals surface area contributed by atoms with Gasteiger partial charge in [-0.1, -0.05) is 12.1 Å². The normalized spacial score (nSPS) is 13.5. The Balaban J connectivity index is 1.81. The predicted molar refractivity (Wildman–Crippen MR) is 91.0 cm³/mol. The van der Waals surface area contributed by atoms with Gasteiger partial charge in [-0.05, 0) is 30.7 Å². The monoisotopic (exact) mass is 336 g/mol. The molecule has 0 radical (unpaired) electrons. The summed E-state index contributed by atoms with van der Waals surface area (Å²) >= 11 is 0. The van der Waals surface area contributed by atoms with E-state index in [-0.39, 0.29) is 5.56 Å². The van der Waals surface area contributed by atoms with Gasteiger partial charge < -0.3 is 4.57 Å². The van der Waals surface area contributed by atoms with Crippen LogP contribution in [0.3, 0.4) is 0 Å². The number of imidazole rings is 1. The molecule has 4 aromatic rings. The lowest BCUT2D eigenvalue weighted by molar-refractivity contribution is 0.588. The first-order chi connectivity index (χ1) is 12.2. The molecule has 5 rings (SSSR count). The van der Waals surface area contributed by atoms with Crippen LogP contribution >= 0.6 is 0 Å². The number of nitrogens with zero attached hydrogens (tertiary/aromatic N) is 3. The molecular formula is C19H14F2N4. The molecule has 124 valence electrons. The Hall–Kier alpha value is -3.02. The van der Waals surface area contributed by atoms with Gasteiger partial charge in [0.1, 0.15) is 23.2 Å². The lowest BCUT2D eigenvalue weighted by Gasteiger charge is -2.10. The number of aromatic amines is 1. The zero-order valence-corrected chi connectivity index (χ0v) is 13.3. The van der Waals surface area contributed by atoms with E-state index in [0.717, 1.165) is 47.4 Å². The number of H-pyrrole nitrogens is 1. The molecule has 0 saturated carbocycles. The highest BCUT2D eigenvalue weighted by atomic mass is 19.1. The fourth-order valence-electron chi connectivity index (χ4n) is 3.61. The average molecular weight is 336 g/mol. The molecule has 1 N–H and O–H groups in total. The molecule has 2 aromatic carbocycles. The Labute approximate surface area is 142 Å². The van der Waals surface area contributed by atoms with E-state index in [1.807, 2.05) is 18.2 Å². The van der Waals surface area contributed by atoms with Crippen LogP contribution in [0.1, 0.15) is 12.2 Å². The molecule has 0 saturated heterocycles. The molecule has 0 unspecified atom stereocenters. The van der Waals surface area contributed by atoms with Gasteiger partial charge in [-0.2, -0.15) is 5.10 Å². The molecule has 0 atom stereocenters. The van der Waals surface area contributed by atoms with Gasteiger partial charge in [-0.25, -0.2) is 13.8 Å². The van der Waals surface area contributed by atoms with Crippen molar-refractivity contribution in [1.82, 2.24) is 19.7 Å². The van der Waals surface area contributed by atoms with Crippen molar-refractivity contribution in [2.24, 2.45) is 0 Å². The molecule has 3 heterocycles. The second-order valence-electron chi connectivity index (χ2n) is 6.25. The second-order valence-corrected chi connectivity index (χ2v) is 6.25. The second kappa shape index (κ2) is 5.24. The zero-order valence-electron chi connectivity index (χ0n) is 13.3. The molecule has 0 bridgehead atoms. The standard InChI is InChI=1S/C19H14F2N4/c20-13-3-1-4-14(21)17(13)18-19(25-8-2-5-16(25)23-18)11-6-7-15-12(9-11)10-22-24-15/h1,3-4,6-7,9-10H,2,5,8H2,(H,22,24). The minimum Gasteiger partial charge on any atom is -0.327 e. The molecule has 0 spiro atoms. The smallest absolute Gasteiger partial charge is 0.135 e. The van der Waals surface area contributed by atoms with Gasteiger partial charge in [-0.3, -0.25) is 5.10 Å². The van der Waals surface area contributed by atoms with E-state index < -0.39 is 11.6 Å². The van der Waals surface area contributed by atoms with Crippen LogP contribution < -0.4 is 0 Å². The Morgan fingerprint density at radius 1 is 1.08 bits per heavy atom. The summed E-state index contributed by atoms with van der Waals surface area (Å²) < 4.78 is 30.9. The number of hydrogen-bond acceptors (Lipinski definition) is 2. The quantitative estimate of drug-likeness (QED) is 0.593. The summed E-state index contributed by atoms with van der Waals surface area (Å²) in [5.74, 6) is -0.315. The first-order valence-electron chi connectivity index (χ1n) is 8.19. The van der Waals surface area contributed by atoms with Crippen LogP contribution in [0.2, 0.25) is 0 Å². The summed E-state index contributed by atoms with van der Waals surface area (Å²) in [6.07, 6.45) is 3.55. The Bertz CT molecular complexity index is 1090. The van der Waals surface area contributed by atoms with Gasteiger partial charge in [0, 0.05) is 23.9 Å². The summed E-state index contributed by atoms with van der Waals surface area (Å²) in [6.45, 7) is 0.803. The van der Waals surface area contributed by atoms with Crippen LogP contribution in [0.4, 0.5) is 8.78 Å². The van der Waals surface area contributed by atoms with Crippen molar-refractivity contribution in [2.45, 2.75) is 19.4 Å². The first kappa shape index (κ1) is 14.3. The highest BCUT2D eigenvalue weighted by Crippen LogP contribution is 2.38. The van der Waals surface area contributed by atoms with Gasteiger partial charge in [0.25, 0.3) is 0 Å². The number of halogens is 2. The number of rotatable bonds is 2. The highest BCUT2D eigenvalue weighted by molar-refractivity contribution is 5.87. The van der Waals surface area contributed by atoms with E-state index in [1.54, 1.807) is 6.20 Å². The fourth-order valence-corrected chi connectivity index (χ4v) is 3.61. The third-order valence-corrected chi connectivity index (χ3v) is 4.74. The van der Waals surface area contributed by atoms with Gasteiger partial charge in [0.15, 0.2) is 0 Å². The van der Waals surface area contributed by atoms with Gasteiger partial charge in [0.05, 0.1) is 23.0 Å². The number of aryl methyl sites for hydroxylation is 1. The molecule has 6 heteroatoms. The maximum atomic E-state index is 14.4. The van der Waals surface area contributed by atoms with Crippen molar-refractivity contribution < 1.29 is 8.78 Å². The van der Waals surface area contributed by atoms with Crippen molar-refractivity contribution in [3.05, 3.63) is 60.1 Å². The number of hydrogen-bond donors (Lipinski definition) is 1. The molecule has 0 amide bonds. The largest absolute Gasteiger partial charge is 0.327 e. The van der Waals surface area contributed by atoms with Crippen LogP contribution in [0.25, 0.3) is 33.4 Å². The maximum Gasteiger partial charge on any atom is 0.135 e. The molecule has 0 fully saturated rings. The number of nitrogens with one attached hydrogen (secondary N) is 1. The van der Waals surface area contributed by atoms with Gasteiger partial charge in [0.2, 0.25) is 0 Å². The maximum absolute atomic E-state index is 14.4. The Morgan fingerprint density at radius 3 is 2.76 bits per heavy atom. The summed E-state index contributed by atoms with van der Waals surface area (Å²) in [7, 11) is 0. The zero-order chi connectivity index (χ0) is 17.0. The van der Waals surface area contributed by atoms with Crippen LogP contribution in [-0.4, -0.2) is 19.7 Å². The third-order valence-electron chi connectivity index (χ3n) is 4.74.